The van der Waals surface area contributed by atoms with Crippen LogP contribution in [0, 0.1) is 11.8 Å². The van der Waals surface area contributed by atoms with Crippen molar-refractivity contribution in [3.63, 3.8) is 0 Å². The summed E-state index contributed by atoms with van der Waals surface area (Å²) in [5.41, 5.74) is -4.74. The lowest BCUT2D eigenvalue weighted by molar-refractivity contribution is -0.374. The second kappa shape index (κ2) is 17.0. The molecule has 24 atom stereocenters. The lowest BCUT2D eigenvalue weighted by Gasteiger charge is -2.63. The minimum Gasteiger partial charge on any atom is -0.390 e. The molecule has 0 amide bonds. The third-order valence-corrected chi connectivity index (χ3v) is 19.6. The summed E-state index contributed by atoms with van der Waals surface area (Å²) in [5.74, 6) is 0.603. The number of hydrogen-bond donors (Lipinski definition) is 3. The fraction of sp³-hybridized carbons (Fsp3) is 0.926. The molecule has 13 heteroatoms. The molecule has 0 radical (unpaired) electrons. The van der Waals surface area contributed by atoms with Crippen LogP contribution in [0.25, 0.3) is 0 Å². The summed E-state index contributed by atoms with van der Waals surface area (Å²) in [4.78, 5) is 0. The number of hydrogen-bond acceptors (Lipinski definition) is 13. The van der Waals surface area contributed by atoms with E-state index in [1.165, 1.54) is 0 Å². The molecule has 67 heavy (non-hydrogen) atoms. The first-order valence-electron chi connectivity index (χ1n) is 26.4. The summed E-state index contributed by atoms with van der Waals surface area (Å²) in [6, 6.07) is 0. The first kappa shape index (κ1) is 49.5. The number of rotatable bonds is 7. The Morgan fingerprint density at radius 3 is 1.97 bits per heavy atom. The Hall–Kier alpha value is -1.04. The van der Waals surface area contributed by atoms with Gasteiger partial charge in [-0.1, -0.05) is 32.1 Å². The standard InChI is InChI=1S/C54H86O13/c1-13-15-30(2)31(3)22-32(55)46(57)35-18-19-49(7)40(60-35)25-43-54(12,67-49)29-53(11)39(61-43)23-36-34(63-53)17-14-16-33-37(58-36)27-51(9)42(59-33)26-41-50(8,66-51)21-20-48(6)45(62-41)28-52(10)44(64-48)24-38(56)47(4,5)65-52/h13-14,17,30-46,55-57H,1,15-16,18-29H2,2-12H3/b17-14-/t30-,31?,32?,33?,34?,35-,36+,37-,38?,39-,40-,41?,42?,43+,44-,45?,46-,48+,49?,50-,51?,52?,53?,54?/m0/s1. The summed E-state index contributed by atoms with van der Waals surface area (Å²) in [5, 5.41) is 33.6. The predicted octanol–water partition coefficient (Wildman–Crippen LogP) is 7.36. The van der Waals surface area contributed by atoms with Gasteiger partial charge in [-0.05, 0) is 119 Å². The van der Waals surface area contributed by atoms with Crippen LogP contribution >= 0.6 is 0 Å². The second-order valence-electron chi connectivity index (χ2n) is 25.6. The SMILES string of the molecule is C=CC[C@H](C)C(C)CC(O)[C@H](O)[C@@H]1CCC2(C)OC3(C)CC4(C)OC5/C=C\CC6OC7CC8OC9CC%10(C)OC(C)(C)C(O)C[C@@H]%10O[C@]9(C)CC[C@]8(C)OC7(C)C[C@@H]6O[C@@H]5C[C@@H]4O[C@@H]3C[C@@H]2O1. The molecule has 13 nitrogen and oxygen atoms in total. The molecule has 0 saturated carbocycles. The van der Waals surface area contributed by atoms with Crippen LogP contribution in [0.4, 0.5) is 0 Å². The molecule has 0 bridgehead atoms. The highest BCUT2D eigenvalue weighted by molar-refractivity contribution is 5.17. The highest BCUT2D eigenvalue weighted by Crippen LogP contribution is 2.57. The molecule has 3 N–H and O–H groups in total. The minimum atomic E-state index is -0.982. The van der Waals surface area contributed by atoms with Crippen LogP contribution in [0.5, 0.6) is 0 Å². The van der Waals surface area contributed by atoms with Crippen LogP contribution in [0.2, 0.25) is 0 Å². The molecular formula is C54H86O13. The molecule has 0 aromatic rings. The van der Waals surface area contributed by atoms with Gasteiger partial charge in [-0.2, -0.15) is 0 Å². The Balaban J connectivity index is 0.808. The molecular weight excluding hydrogens is 857 g/mol. The van der Waals surface area contributed by atoms with E-state index >= 15 is 0 Å². The van der Waals surface area contributed by atoms with Crippen molar-refractivity contribution in [2.45, 2.75) is 302 Å². The molecule has 0 spiro atoms. The largest absolute Gasteiger partial charge is 0.390 e. The molecule has 10 aliphatic rings. The van der Waals surface area contributed by atoms with Crippen molar-refractivity contribution in [1.82, 2.24) is 0 Å². The van der Waals surface area contributed by atoms with Gasteiger partial charge in [-0.3, -0.25) is 0 Å². The first-order chi connectivity index (χ1) is 31.3. The van der Waals surface area contributed by atoms with Crippen LogP contribution in [-0.4, -0.2) is 152 Å². The van der Waals surface area contributed by atoms with Crippen molar-refractivity contribution in [1.29, 1.82) is 0 Å². The van der Waals surface area contributed by atoms with Crippen LogP contribution in [0.3, 0.4) is 0 Å². The van der Waals surface area contributed by atoms with Gasteiger partial charge in [0.1, 0.15) is 12.2 Å². The Labute approximate surface area is 400 Å². The average Bonchev–Trinajstić information content (AvgIpc) is 3.32. The molecule has 0 aromatic heterocycles. The normalized spacial score (nSPS) is 55.6. The van der Waals surface area contributed by atoms with Crippen molar-refractivity contribution in [3.8, 4) is 0 Å². The quantitative estimate of drug-likeness (QED) is 0.218. The molecule has 9 fully saturated rings. The summed E-state index contributed by atoms with van der Waals surface area (Å²) < 4.78 is 70.5. The Morgan fingerprint density at radius 1 is 0.597 bits per heavy atom. The monoisotopic (exact) mass is 943 g/mol. The van der Waals surface area contributed by atoms with E-state index in [1.54, 1.807) is 0 Å². The highest BCUT2D eigenvalue weighted by Gasteiger charge is 2.67. The Bertz CT molecular complexity index is 1880. The molecule has 10 heterocycles. The molecule has 10 aliphatic heterocycles. The maximum absolute atomic E-state index is 11.4. The van der Waals surface area contributed by atoms with E-state index in [4.69, 9.17) is 47.4 Å². The van der Waals surface area contributed by atoms with Gasteiger partial charge in [0, 0.05) is 44.9 Å². The zero-order valence-electron chi connectivity index (χ0n) is 42.6. The van der Waals surface area contributed by atoms with Gasteiger partial charge >= 0.3 is 0 Å². The van der Waals surface area contributed by atoms with E-state index < -0.39 is 69.2 Å². The number of aliphatic hydroxyl groups excluding tert-OH is 3. The van der Waals surface area contributed by atoms with Gasteiger partial charge in [-0.25, -0.2) is 0 Å². The highest BCUT2D eigenvalue weighted by atomic mass is 16.7. The molecule has 13 unspecified atom stereocenters. The van der Waals surface area contributed by atoms with Crippen LogP contribution < -0.4 is 0 Å². The topological polar surface area (TPSA) is 153 Å². The zero-order chi connectivity index (χ0) is 47.9. The number of ether oxygens (including phenoxy) is 10. The fourth-order valence-corrected chi connectivity index (χ4v) is 15.0. The maximum atomic E-state index is 11.4. The fourth-order valence-electron chi connectivity index (χ4n) is 15.0. The number of allylic oxidation sites excluding steroid dienone is 1. The minimum absolute atomic E-state index is 0.154. The van der Waals surface area contributed by atoms with Crippen LogP contribution in [0.1, 0.15) is 166 Å². The maximum Gasteiger partial charge on any atom is 0.106 e. The average molecular weight is 943 g/mol. The number of fused-ring (bicyclic) bond motifs is 9. The summed E-state index contributed by atoms with van der Waals surface area (Å²) in [6.07, 6.45) is 10.4. The zero-order valence-corrected chi connectivity index (χ0v) is 42.6. The molecule has 10 rings (SSSR count). The van der Waals surface area contributed by atoms with Gasteiger partial charge in [0.15, 0.2) is 0 Å². The van der Waals surface area contributed by atoms with E-state index in [-0.39, 0.29) is 73.1 Å². The van der Waals surface area contributed by atoms with E-state index in [9.17, 15) is 15.3 Å². The van der Waals surface area contributed by atoms with Gasteiger partial charge in [0.25, 0.3) is 0 Å². The van der Waals surface area contributed by atoms with Gasteiger partial charge in [0.2, 0.25) is 0 Å². The molecule has 9 saturated heterocycles. The summed E-state index contributed by atoms with van der Waals surface area (Å²) in [6.45, 7) is 27.3. The van der Waals surface area contributed by atoms with Crippen molar-refractivity contribution in [2.75, 3.05) is 0 Å². The summed E-state index contributed by atoms with van der Waals surface area (Å²) >= 11 is 0. The van der Waals surface area contributed by atoms with Gasteiger partial charge in [-0.15, -0.1) is 6.58 Å². The van der Waals surface area contributed by atoms with E-state index in [2.05, 4.69) is 81.0 Å². The van der Waals surface area contributed by atoms with Crippen LogP contribution in [0.15, 0.2) is 24.8 Å². The molecule has 0 aromatic carbocycles. The molecule has 380 valence electrons. The lowest BCUT2D eigenvalue weighted by Crippen LogP contribution is -2.72. The molecule has 0 aliphatic carbocycles. The Morgan fingerprint density at radius 2 is 1.22 bits per heavy atom. The Kier molecular flexibility index (Phi) is 12.6. The third-order valence-electron chi connectivity index (χ3n) is 19.6. The second-order valence-corrected chi connectivity index (χ2v) is 25.6. The van der Waals surface area contributed by atoms with Gasteiger partial charge in [0.05, 0.1) is 124 Å². The van der Waals surface area contributed by atoms with Crippen molar-refractivity contribution in [2.24, 2.45) is 11.8 Å². The van der Waals surface area contributed by atoms with E-state index in [1.807, 2.05) is 19.9 Å². The predicted molar refractivity (Wildman–Crippen MR) is 250 cm³/mol. The van der Waals surface area contributed by atoms with Crippen molar-refractivity contribution < 1.29 is 62.7 Å². The van der Waals surface area contributed by atoms with E-state index in [0.717, 1.165) is 19.3 Å². The lowest BCUT2D eigenvalue weighted by atomic mass is 9.69. The first-order valence-corrected chi connectivity index (χ1v) is 26.4. The van der Waals surface area contributed by atoms with Crippen LogP contribution in [-0.2, 0) is 47.4 Å². The van der Waals surface area contributed by atoms with Crippen molar-refractivity contribution in [3.05, 3.63) is 24.8 Å². The van der Waals surface area contributed by atoms with E-state index in [0.29, 0.717) is 76.5 Å². The number of aliphatic hydroxyl groups is 3. The van der Waals surface area contributed by atoms with Crippen molar-refractivity contribution >= 4 is 0 Å². The smallest absolute Gasteiger partial charge is 0.106 e. The van der Waals surface area contributed by atoms with Gasteiger partial charge < -0.3 is 62.7 Å². The third kappa shape index (κ3) is 8.61. The summed E-state index contributed by atoms with van der Waals surface area (Å²) in [7, 11) is 0.